The highest BCUT2D eigenvalue weighted by Crippen LogP contribution is 2.15. The third-order valence-corrected chi connectivity index (χ3v) is 6.45. The summed E-state index contributed by atoms with van der Waals surface area (Å²) in [6.45, 7) is 1.02. The van der Waals surface area contributed by atoms with Crippen molar-refractivity contribution in [2.75, 3.05) is 7.05 Å². The molecule has 0 saturated carbocycles. The lowest BCUT2D eigenvalue weighted by molar-refractivity contribution is 0.0785. The number of aromatic nitrogens is 2. The van der Waals surface area contributed by atoms with E-state index < -0.39 is 10.0 Å². The summed E-state index contributed by atoms with van der Waals surface area (Å²) in [5.74, 6) is 0.215. The monoisotopic (exact) mass is 464 g/mol. The van der Waals surface area contributed by atoms with Crippen LogP contribution in [0.3, 0.4) is 0 Å². The van der Waals surface area contributed by atoms with Gasteiger partial charge in [-0.15, -0.1) is 0 Å². The molecule has 9 heteroatoms. The first kappa shape index (κ1) is 22.5. The Hall–Kier alpha value is -3.69. The van der Waals surface area contributed by atoms with E-state index in [2.05, 4.69) is 9.82 Å². The summed E-state index contributed by atoms with van der Waals surface area (Å²) in [6.07, 6.45) is 5.10. The second-order valence-corrected chi connectivity index (χ2v) is 9.39. The lowest BCUT2D eigenvalue weighted by atomic mass is 10.2. The Bertz CT molecular complexity index is 1320. The molecule has 170 valence electrons. The molecule has 0 spiro atoms. The zero-order chi connectivity index (χ0) is 23.3. The van der Waals surface area contributed by atoms with Crippen LogP contribution in [-0.2, 0) is 29.7 Å². The minimum Gasteiger partial charge on any atom is -0.468 e. The van der Waals surface area contributed by atoms with Crippen molar-refractivity contribution in [1.82, 2.24) is 19.4 Å². The molecule has 1 N–H and O–H groups in total. The number of sulfonamides is 1. The summed E-state index contributed by atoms with van der Waals surface area (Å²) >= 11 is 0. The van der Waals surface area contributed by atoms with Crippen molar-refractivity contribution in [3.8, 4) is 0 Å². The summed E-state index contributed by atoms with van der Waals surface area (Å²) in [5.41, 5.74) is 2.30. The molecule has 1 amide bonds. The van der Waals surface area contributed by atoms with E-state index in [1.807, 2.05) is 41.2 Å². The highest BCUT2D eigenvalue weighted by Gasteiger charge is 2.19. The number of carbonyl (C=O) groups excluding carboxylic acids is 1. The van der Waals surface area contributed by atoms with Crippen LogP contribution in [0.4, 0.5) is 0 Å². The van der Waals surface area contributed by atoms with Crippen molar-refractivity contribution in [2.45, 2.75) is 24.5 Å². The van der Waals surface area contributed by atoms with E-state index in [4.69, 9.17) is 4.42 Å². The molecule has 4 aromatic rings. The van der Waals surface area contributed by atoms with Gasteiger partial charge in [0.05, 0.1) is 30.4 Å². The van der Waals surface area contributed by atoms with Crippen LogP contribution < -0.4 is 4.72 Å². The van der Waals surface area contributed by atoms with Crippen molar-refractivity contribution >= 4 is 15.9 Å². The third kappa shape index (κ3) is 5.76. The number of rotatable bonds is 9. The minimum absolute atomic E-state index is 0.0176. The van der Waals surface area contributed by atoms with Gasteiger partial charge in [-0.1, -0.05) is 36.4 Å². The van der Waals surface area contributed by atoms with Gasteiger partial charge in [0.1, 0.15) is 5.76 Å². The first-order chi connectivity index (χ1) is 15.9. The molecule has 2 aromatic heterocycles. The molecule has 0 saturated heterocycles. The molecule has 0 radical (unpaired) electrons. The third-order valence-electron chi connectivity index (χ3n) is 5.05. The molecule has 4 rings (SSSR count). The Kier molecular flexibility index (Phi) is 6.71. The van der Waals surface area contributed by atoms with Gasteiger partial charge in [0, 0.05) is 30.9 Å². The second kappa shape index (κ2) is 9.85. The van der Waals surface area contributed by atoms with Crippen LogP contribution in [0.5, 0.6) is 0 Å². The molecule has 0 unspecified atom stereocenters. The zero-order valence-electron chi connectivity index (χ0n) is 18.1. The fourth-order valence-electron chi connectivity index (χ4n) is 3.37. The van der Waals surface area contributed by atoms with Crippen LogP contribution in [0.1, 0.15) is 27.2 Å². The summed E-state index contributed by atoms with van der Waals surface area (Å²) in [6, 6.07) is 19.3. The van der Waals surface area contributed by atoms with Crippen LogP contribution in [0.15, 0.2) is 94.7 Å². The number of hydrogen-bond donors (Lipinski definition) is 1. The number of carbonyl (C=O) groups is 1. The maximum absolute atomic E-state index is 12.9. The lowest BCUT2D eigenvalue weighted by Crippen LogP contribution is -2.27. The van der Waals surface area contributed by atoms with Crippen LogP contribution in [0, 0.1) is 0 Å². The molecule has 0 fully saturated rings. The molecule has 8 nitrogen and oxygen atoms in total. The fraction of sp³-hybridized carbons (Fsp3) is 0.167. The normalized spacial score (nSPS) is 11.4. The molecule has 0 bridgehead atoms. The summed E-state index contributed by atoms with van der Waals surface area (Å²) in [4.78, 5) is 14.5. The molecule has 0 aliphatic carbocycles. The van der Waals surface area contributed by atoms with Gasteiger partial charge in [-0.25, -0.2) is 13.1 Å². The smallest absolute Gasteiger partial charge is 0.253 e. The van der Waals surface area contributed by atoms with Crippen LogP contribution in [0.25, 0.3) is 0 Å². The first-order valence-corrected chi connectivity index (χ1v) is 11.8. The summed E-state index contributed by atoms with van der Waals surface area (Å²) in [7, 11) is -2.12. The Morgan fingerprint density at radius 2 is 1.88 bits per heavy atom. The Balaban J connectivity index is 1.40. The van der Waals surface area contributed by atoms with Crippen LogP contribution in [-0.4, -0.2) is 36.1 Å². The number of furan rings is 1. The predicted octanol–water partition coefficient (Wildman–Crippen LogP) is 3.28. The molecular weight excluding hydrogens is 440 g/mol. The number of hydrogen-bond acceptors (Lipinski definition) is 5. The maximum atomic E-state index is 12.9. The number of benzene rings is 2. The molecule has 0 aliphatic rings. The highest BCUT2D eigenvalue weighted by molar-refractivity contribution is 7.89. The van der Waals surface area contributed by atoms with E-state index in [9.17, 15) is 13.2 Å². The number of nitrogens with zero attached hydrogens (tertiary/aromatic N) is 3. The van der Waals surface area contributed by atoms with Gasteiger partial charge in [0.2, 0.25) is 10.0 Å². The van der Waals surface area contributed by atoms with Gasteiger partial charge in [0.25, 0.3) is 5.91 Å². The number of amides is 1. The van der Waals surface area contributed by atoms with Gasteiger partial charge >= 0.3 is 0 Å². The second-order valence-electron chi connectivity index (χ2n) is 7.62. The molecular formula is C24H24N4O4S. The van der Waals surface area contributed by atoms with Gasteiger partial charge in [-0.05, 0) is 35.9 Å². The van der Waals surface area contributed by atoms with Gasteiger partial charge in [-0.2, -0.15) is 5.10 Å². The first-order valence-electron chi connectivity index (χ1n) is 10.3. The molecule has 2 aromatic carbocycles. The average molecular weight is 465 g/mol. The lowest BCUT2D eigenvalue weighted by Gasteiger charge is -2.17. The highest BCUT2D eigenvalue weighted by atomic mass is 32.2. The quantitative estimate of drug-likeness (QED) is 0.410. The van der Waals surface area contributed by atoms with Gasteiger partial charge in [0.15, 0.2) is 0 Å². The predicted molar refractivity (Wildman–Crippen MR) is 123 cm³/mol. The van der Waals surface area contributed by atoms with E-state index >= 15 is 0 Å². The summed E-state index contributed by atoms with van der Waals surface area (Å²) < 4.78 is 34.7. The van der Waals surface area contributed by atoms with Crippen LogP contribution in [0.2, 0.25) is 0 Å². The van der Waals surface area contributed by atoms with E-state index in [0.29, 0.717) is 18.8 Å². The molecule has 33 heavy (non-hydrogen) atoms. The van der Waals surface area contributed by atoms with Gasteiger partial charge < -0.3 is 9.32 Å². The Labute approximate surface area is 192 Å². The SMILES string of the molecule is CN(Cc1cnn(Cc2ccccc2)c1)C(=O)c1cccc(S(=O)(=O)NCc2ccco2)c1. The van der Waals surface area contributed by atoms with Crippen molar-refractivity contribution in [2.24, 2.45) is 0 Å². The maximum Gasteiger partial charge on any atom is 0.253 e. The topological polar surface area (TPSA) is 97.4 Å². The van der Waals surface area contributed by atoms with Crippen molar-refractivity contribution < 1.29 is 17.6 Å². The van der Waals surface area contributed by atoms with Crippen molar-refractivity contribution in [3.63, 3.8) is 0 Å². The Morgan fingerprint density at radius 3 is 2.64 bits per heavy atom. The van der Waals surface area contributed by atoms with E-state index in [-0.39, 0.29) is 22.9 Å². The number of nitrogens with one attached hydrogen (secondary N) is 1. The van der Waals surface area contributed by atoms with E-state index in [1.165, 1.54) is 23.3 Å². The zero-order valence-corrected chi connectivity index (χ0v) is 18.9. The largest absolute Gasteiger partial charge is 0.468 e. The molecule has 0 aliphatic heterocycles. The minimum atomic E-state index is -3.80. The standard InChI is InChI=1S/C24H24N4O4S/c1-27(16-20-14-25-28(18-20)17-19-7-3-2-4-8-19)24(29)21-9-5-11-23(13-21)33(30,31)26-15-22-10-6-12-32-22/h2-14,18,26H,15-17H2,1H3. The Morgan fingerprint density at radius 1 is 1.06 bits per heavy atom. The van der Waals surface area contributed by atoms with E-state index in [0.717, 1.165) is 11.1 Å². The van der Waals surface area contributed by atoms with Crippen molar-refractivity contribution in [1.29, 1.82) is 0 Å². The van der Waals surface area contributed by atoms with Crippen molar-refractivity contribution in [3.05, 3.63) is 108 Å². The molecule has 0 atom stereocenters. The molecule has 2 heterocycles. The van der Waals surface area contributed by atoms with Crippen LogP contribution >= 0.6 is 0 Å². The fourth-order valence-corrected chi connectivity index (χ4v) is 4.41. The van der Waals surface area contributed by atoms with Gasteiger partial charge in [-0.3, -0.25) is 9.48 Å². The van der Waals surface area contributed by atoms with E-state index in [1.54, 1.807) is 37.5 Å². The summed E-state index contributed by atoms with van der Waals surface area (Å²) in [5, 5.41) is 4.37. The average Bonchev–Trinajstić information content (AvgIpc) is 3.50.